The molecule has 7 rings (SSSR count). The van der Waals surface area contributed by atoms with Crippen LogP contribution >= 0.6 is 11.6 Å². The minimum absolute atomic E-state index is 0.00657. The molecule has 1 aliphatic carbocycles. The standard InChI is InChI=1S/C26H26ClF3N6O/c1-37-22-8-21(18(28)7-19(22)29)34-11-25(12-34)13-35(14-25)24-32-31-23-10-33(15-26(30)4-5-26)9-16-6-17(27)2-3-20(16)36(23)24/h2-3,6-8H,4-5,9-15H2,1H3. The molecule has 1 spiro atoms. The summed E-state index contributed by atoms with van der Waals surface area (Å²) in [5, 5.41) is 9.67. The number of ether oxygens (including phenoxy) is 1. The van der Waals surface area contributed by atoms with Gasteiger partial charge >= 0.3 is 0 Å². The maximum absolute atomic E-state index is 14.6. The number of fused-ring (bicyclic) bond motifs is 3. The molecule has 0 radical (unpaired) electrons. The normalized spacial score (nSPS) is 21.1. The molecule has 2 saturated heterocycles. The Morgan fingerprint density at radius 1 is 0.946 bits per heavy atom. The van der Waals surface area contributed by atoms with Gasteiger partial charge in [0.05, 0.1) is 25.0 Å². The molecule has 7 nitrogen and oxygen atoms in total. The van der Waals surface area contributed by atoms with Gasteiger partial charge in [-0.2, -0.15) is 0 Å². The Labute approximate surface area is 217 Å². The third kappa shape index (κ3) is 3.84. The molecule has 3 aromatic rings. The molecular formula is C26H26ClF3N6O. The number of methoxy groups -OCH3 is 1. The lowest BCUT2D eigenvalue weighted by Crippen LogP contribution is -2.73. The second kappa shape index (κ2) is 8.01. The number of hydrogen-bond acceptors (Lipinski definition) is 6. The fourth-order valence-electron chi connectivity index (χ4n) is 6.02. The molecular weight excluding hydrogens is 505 g/mol. The molecule has 1 aromatic heterocycles. The number of alkyl halides is 1. The number of anilines is 2. The zero-order valence-corrected chi connectivity index (χ0v) is 21.1. The maximum atomic E-state index is 14.6. The molecule has 0 amide bonds. The topological polar surface area (TPSA) is 49.7 Å². The van der Waals surface area contributed by atoms with Crippen LogP contribution in [-0.2, 0) is 13.1 Å². The van der Waals surface area contributed by atoms with E-state index in [1.807, 2.05) is 23.1 Å². The van der Waals surface area contributed by atoms with Gasteiger partial charge in [0, 0.05) is 61.8 Å². The molecule has 0 atom stereocenters. The van der Waals surface area contributed by atoms with Crippen LogP contribution in [0, 0.1) is 17.0 Å². The Balaban J connectivity index is 1.12. The Morgan fingerprint density at radius 2 is 1.70 bits per heavy atom. The first-order chi connectivity index (χ1) is 17.7. The van der Waals surface area contributed by atoms with Crippen LogP contribution in [0.4, 0.5) is 24.8 Å². The highest BCUT2D eigenvalue weighted by Gasteiger charge is 2.54. The summed E-state index contributed by atoms with van der Waals surface area (Å²) in [5.41, 5.74) is 1.23. The van der Waals surface area contributed by atoms with Crippen molar-refractivity contribution in [3.8, 4) is 11.4 Å². The molecule has 3 fully saturated rings. The smallest absolute Gasteiger partial charge is 0.231 e. The number of benzene rings is 2. The van der Waals surface area contributed by atoms with Crippen LogP contribution in [0.1, 0.15) is 24.2 Å². The van der Waals surface area contributed by atoms with Crippen LogP contribution in [0.25, 0.3) is 5.69 Å². The minimum atomic E-state index is -1.11. The summed E-state index contributed by atoms with van der Waals surface area (Å²) >= 11 is 6.33. The van der Waals surface area contributed by atoms with Crippen molar-refractivity contribution in [2.45, 2.75) is 31.6 Å². The Kier molecular flexibility index (Phi) is 5.01. The quantitative estimate of drug-likeness (QED) is 0.489. The van der Waals surface area contributed by atoms with E-state index in [1.165, 1.54) is 13.2 Å². The lowest BCUT2D eigenvalue weighted by atomic mass is 9.72. The van der Waals surface area contributed by atoms with Crippen molar-refractivity contribution in [1.82, 2.24) is 19.7 Å². The lowest BCUT2D eigenvalue weighted by molar-refractivity contribution is 0.153. The summed E-state index contributed by atoms with van der Waals surface area (Å²) < 4.78 is 50.0. The second-order valence-electron chi connectivity index (χ2n) is 11.0. The number of hydrogen-bond donors (Lipinski definition) is 0. The van der Waals surface area contributed by atoms with E-state index in [1.54, 1.807) is 0 Å². The van der Waals surface area contributed by atoms with Crippen LogP contribution in [0.3, 0.4) is 0 Å². The van der Waals surface area contributed by atoms with E-state index in [4.69, 9.17) is 16.3 Å². The van der Waals surface area contributed by atoms with Crippen molar-refractivity contribution in [1.29, 1.82) is 0 Å². The first kappa shape index (κ1) is 23.2. The van der Waals surface area contributed by atoms with E-state index in [0.29, 0.717) is 56.3 Å². The second-order valence-corrected chi connectivity index (χ2v) is 11.4. The van der Waals surface area contributed by atoms with Crippen LogP contribution in [0.2, 0.25) is 5.02 Å². The lowest BCUT2D eigenvalue weighted by Gasteiger charge is -2.61. The predicted molar refractivity (Wildman–Crippen MR) is 133 cm³/mol. The van der Waals surface area contributed by atoms with Gasteiger partial charge in [0.1, 0.15) is 11.5 Å². The van der Waals surface area contributed by atoms with Crippen molar-refractivity contribution in [2.24, 2.45) is 5.41 Å². The monoisotopic (exact) mass is 530 g/mol. The minimum Gasteiger partial charge on any atom is -0.494 e. The molecule has 2 aromatic carbocycles. The van der Waals surface area contributed by atoms with Gasteiger partial charge in [-0.15, -0.1) is 10.2 Å². The van der Waals surface area contributed by atoms with Gasteiger partial charge in [-0.05, 0) is 36.6 Å². The van der Waals surface area contributed by atoms with Gasteiger partial charge < -0.3 is 14.5 Å². The molecule has 37 heavy (non-hydrogen) atoms. The van der Waals surface area contributed by atoms with Crippen molar-refractivity contribution in [2.75, 3.05) is 49.6 Å². The van der Waals surface area contributed by atoms with Crippen molar-refractivity contribution >= 4 is 23.2 Å². The van der Waals surface area contributed by atoms with Crippen LogP contribution in [-0.4, -0.2) is 65.2 Å². The summed E-state index contributed by atoms with van der Waals surface area (Å²) in [6.45, 7) is 4.29. The third-order valence-corrected chi connectivity index (χ3v) is 8.24. The van der Waals surface area contributed by atoms with E-state index < -0.39 is 17.3 Å². The fraction of sp³-hybridized carbons (Fsp3) is 0.462. The number of aromatic nitrogens is 3. The fourth-order valence-corrected chi connectivity index (χ4v) is 6.21. The van der Waals surface area contributed by atoms with Crippen molar-refractivity contribution < 1.29 is 17.9 Å². The summed E-state index contributed by atoms with van der Waals surface area (Å²) in [6.07, 6.45) is 1.21. The average molecular weight is 531 g/mol. The van der Waals surface area contributed by atoms with Gasteiger partial charge in [0.2, 0.25) is 5.95 Å². The molecule has 3 aliphatic heterocycles. The highest BCUT2D eigenvalue weighted by molar-refractivity contribution is 6.30. The number of halogens is 4. The summed E-state index contributed by atoms with van der Waals surface area (Å²) in [5.74, 6) is 0.262. The summed E-state index contributed by atoms with van der Waals surface area (Å²) in [4.78, 5) is 6.19. The summed E-state index contributed by atoms with van der Waals surface area (Å²) in [6, 6.07) is 8.06. The average Bonchev–Trinajstić information content (AvgIpc) is 3.43. The Bertz CT molecular complexity index is 1400. The third-order valence-electron chi connectivity index (χ3n) is 8.00. The van der Waals surface area contributed by atoms with Crippen LogP contribution in [0.15, 0.2) is 30.3 Å². The first-order valence-electron chi connectivity index (χ1n) is 12.4. The zero-order chi connectivity index (χ0) is 25.5. The maximum Gasteiger partial charge on any atom is 0.231 e. The first-order valence-corrected chi connectivity index (χ1v) is 12.8. The number of nitrogens with zero attached hydrogens (tertiary/aromatic N) is 6. The van der Waals surface area contributed by atoms with E-state index in [9.17, 15) is 13.2 Å². The van der Waals surface area contributed by atoms with Crippen molar-refractivity contribution in [3.63, 3.8) is 0 Å². The van der Waals surface area contributed by atoms with Crippen LogP contribution < -0.4 is 14.5 Å². The highest BCUT2D eigenvalue weighted by Crippen LogP contribution is 2.46. The SMILES string of the molecule is COc1cc(N2CC3(C2)CN(c2nnc4n2-c2ccc(Cl)cc2CN(CC2(F)CC2)C4)C3)c(F)cc1F. The zero-order valence-electron chi connectivity index (χ0n) is 20.4. The molecule has 4 heterocycles. The molecule has 0 unspecified atom stereocenters. The van der Waals surface area contributed by atoms with E-state index in [-0.39, 0.29) is 11.2 Å². The van der Waals surface area contributed by atoms with E-state index in [2.05, 4.69) is 24.6 Å². The largest absolute Gasteiger partial charge is 0.494 e. The predicted octanol–water partition coefficient (Wildman–Crippen LogP) is 4.35. The molecule has 11 heteroatoms. The molecule has 4 aliphatic rings. The Hall–Kier alpha value is -2.98. The van der Waals surface area contributed by atoms with Gasteiger partial charge in [-0.25, -0.2) is 13.2 Å². The summed E-state index contributed by atoms with van der Waals surface area (Å²) in [7, 11) is 1.37. The molecule has 1 saturated carbocycles. The molecule has 194 valence electrons. The van der Waals surface area contributed by atoms with Gasteiger partial charge in [-0.3, -0.25) is 9.47 Å². The number of rotatable bonds is 5. The van der Waals surface area contributed by atoms with E-state index >= 15 is 0 Å². The van der Waals surface area contributed by atoms with Crippen LogP contribution in [0.5, 0.6) is 5.75 Å². The van der Waals surface area contributed by atoms with E-state index in [0.717, 1.165) is 42.2 Å². The molecule has 0 bridgehead atoms. The Morgan fingerprint density at radius 3 is 2.43 bits per heavy atom. The van der Waals surface area contributed by atoms with Gasteiger partial charge in [0.15, 0.2) is 17.4 Å². The molecule has 0 N–H and O–H groups in total. The van der Waals surface area contributed by atoms with Gasteiger partial charge in [0.25, 0.3) is 0 Å². The highest BCUT2D eigenvalue weighted by atomic mass is 35.5. The van der Waals surface area contributed by atoms with Gasteiger partial charge in [-0.1, -0.05) is 11.6 Å². The van der Waals surface area contributed by atoms with Crippen molar-refractivity contribution in [3.05, 3.63) is 58.4 Å².